The van der Waals surface area contributed by atoms with Crippen LogP contribution in [0.15, 0.2) is 48.5 Å². The van der Waals surface area contributed by atoms with Crippen LogP contribution in [-0.4, -0.2) is 18.4 Å². The van der Waals surface area contributed by atoms with Gasteiger partial charge in [0.2, 0.25) is 5.91 Å². The topological polar surface area (TPSA) is 58.2 Å². The molecule has 22 heavy (non-hydrogen) atoms. The molecule has 0 atom stereocenters. The molecule has 2 amide bonds. The number of hydrogen-bond donors (Lipinski definition) is 2. The van der Waals surface area contributed by atoms with Gasteiger partial charge >= 0.3 is 0 Å². The second kappa shape index (κ2) is 7.41. The molecule has 0 saturated heterocycles. The van der Waals surface area contributed by atoms with Gasteiger partial charge in [-0.3, -0.25) is 9.59 Å². The molecule has 2 aromatic carbocycles. The Kier molecular flexibility index (Phi) is 5.31. The van der Waals surface area contributed by atoms with Gasteiger partial charge < -0.3 is 10.6 Å². The maximum atomic E-state index is 12.0. The summed E-state index contributed by atoms with van der Waals surface area (Å²) >= 11 is 0. The van der Waals surface area contributed by atoms with Crippen molar-refractivity contribution in [2.24, 2.45) is 0 Å². The van der Waals surface area contributed by atoms with E-state index in [-0.39, 0.29) is 18.4 Å². The minimum Gasteiger partial charge on any atom is -0.350 e. The fourth-order valence-corrected chi connectivity index (χ4v) is 2.17. The van der Waals surface area contributed by atoms with Crippen molar-refractivity contribution >= 4 is 11.8 Å². The number of rotatable bonds is 5. The molecule has 2 N–H and O–H groups in total. The molecule has 4 nitrogen and oxygen atoms in total. The Morgan fingerprint density at radius 2 is 1.73 bits per heavy atom. The predicted molar refractivity (Wildman–Crippen MR) is 86.5 cm³/mol. The van der Waals surface area contributed by atoms with Crippen LogP contribution in [-0.2, 0) is 11.3 Å². The molecule has 0 unspecified atom stereocenters. The number of carbonyl (C=O) groups is 2. The van der Waals surface area contributed by atoms with Gasteiger partial charge in [-0.05, 0) is 31.0 Å². The van der Waals surface area contributed by atoms with Crippen LogP contribution in [0.25, 0.3) is 0 Å². The van der Waals surface area contributed by atoms with Crippen LogP contribution in [0.3, 0.4) is 0 Å². The lowest BCUT2D eigenvalue weighted by molar-refractivity contribution is -0.120. The second-order valence-electron chi connectivity index (χ2n) is 5.26. The number of amides is 2. The fraction of sp³-hybridized carbons (Fsp3) is 0.222. The van der Waals surface area contributed by atoms with Gasteiger partial charge in [0.1, 0.15) is 0 Å². The molecule has 0 fully saturated rings. The minimum atomic E-state index is -0.233. The van der Waals surface area contributed by atoms with Crippen molar-refractivity contribution in [3.8, 4) is 0 Å². The van der Waals surface area contributed by atoms with Crippen LogP contribution < -0.4 is 10.6 Å². The van der Waals surface area contributed by atoms with Gasteiger partial charge in [0, 0.05) is 12.1 Å². The summed E-state index contributed by atoms with van der Waals surface area (Å²) in [6.45, 7) is 4.31. The van der Waals surface area contributed by atoms with E-state index in [1.807, 2.05) is 50.2 Å². The van der Waals surface area contributed by atoms with E-state index in [9.17, 15) is 9.59 Å². The lowest BCUT2D eigenvalue weighted by atomic mass is 10.1. The van der Waals surface area contributed by atoms with Crippen molar-refractivity contribution < 1.29 is 9.59 Å². The fourth-order valence-electron chi connectivity index (χ4n) is 2.17. The molecule has 0 radical (unpaired) electrons. The standard InChI is InChI=1S/C18H20N2O2/c1-13-6-5-8-15(10-13)11-19-17(21)12-20-18(22)16-9-4-3-7-14(16)2/h3-10H,11-12H2,1-2H3,(H,19,21)(H,20,22). The molecule has 2 rings (SSSR count). The summed E-state index contributed by atoms with van der Waals surface area (Å²) in [6, 6.07) is 15.2. The number of nitrogens with one attached hydrogen (secondary N) is 2. The van der Waals surface area contributed by atoms with Gasteiger partial charge in [0.05, 0.1) is 6.54 Å². The summed E-state index contributed by atoms with van der Waals surface area (Å²) in [4.78, 5) is 23.8. The van der Waals surface area contributed by atoms with Crippen molar-refractivity contribution in [2.45, 2.75) is 20.4 Å². The molecule has 0 spiro atoms. The average Bonchev–Trinajstić information content (AvgIpc) is 2.51. The molecule has 2 aromatic rings. The molecular formula is C18H20N2O2. The minimum absolute atomic E-state index is 0.0288. The summed E-state index contributed by atoms with van der Waals surface area (Å²) < 4.78 is 0. The number of hydrogen-bond acceptors (Lipinski definition) is 2. The largest absolute Gasteiger partial charge is 0.350 e. The number of aryl methyl sites for hydroxylation is 2. The average molecular weight is 296 g/mol. The molecule has 4 heteroatoms. The van der Waals surface area contributed by atoms with Crippen molar-refractivity contribution in [2.75, 3.05) is 6.54 Å². The van der Waals surface area contributed by atoms with E-state index in [1.165, 1.54) is 0 Å². The Balaban J connectivity index is 1.81. The molecule has 0 saturated carbocycles. The van der Waals surface area contributed by atoms with E-state index < -0.39 is 0 Å². The highest BCUT2D eigenvalue weighted by atomic mass is 16.2. The first-order valence-electron chi connectivity index (χ1n) is 7.22. The molecule has 0 bridgehead atoms. The van der Waals surface area contributed by atoms with E-state index in [4.69, 9.17) is 0 Å². The quantitative estimate of drug-likeness (QED) is 0.890. The van der Waals surface area contributed by atoms with Gasteiger partial charge in [-0.2, -0.15) is 0 Å². The Labute approximate surface area is 130 Å². The zero-order valence-corrected chi connectivity index (χ0v) is 12.8. The van der Waals surface area contributed by atoms with Crippen LogP contribution in [0.4, 0.5) is 0 Å². The van der Waals surface area contributed by atoms with E-state index in [0.717, 1.165) is 16.7 Å². The van der Waals surface area contributed by atoms with Crippen molar-refractivity contribution in [1.82, 2.24) is 10.6 Å². The Morgan fingerprint density at radius 1 is 0.955 bits per heavy atom. The van der Waals surface area contributed by atoms with E-state index in [2.05, 4.69) is 10.6 Å². The summed E-state index contributed by atoms with van der Waals surface area (Å²) in [6.07, 6.45) is 0. The highest BCUT2D eigenvalue weighted by Crippen LogP contribution is 2.06. The third-order valence-corrected chi connectivity index (χ3v) is 3.37. The van der Waals surface area contributed by atoms with Crippen molar-refractivity contribution in [3.63, 3.8) is 0 Å². The predicted octanol–water partition coefficient (Wildman–Crippen LogP) is 2.35. The molecular weight excluding hydrogens is 276 g/mol. The van der Waals surface area contributed by atoms with Crippen LogP contribution >= 0.6 is 0 Å². The van der Waals surface area contributed by atoms with E-state index in [0.29, 0.717) is 12.1 Å². The zero-order chi connectivity index (χ0) is 15.9. The Hall–Kier alpha value is -2.62. The number of carbonyl (C=O) groups excluding carboxylic acids is 2. The summed E-state index contributed by atoms with van der Waals surface area (Å²) in [5.41, 5.74) is 3.67. The monoisotopic (exact) mass is 296 g/mol. The van der Waals surface area contributed by atoms with Gasteiger partial charge in [-0.25, -0.2) is 0 Å². The summed E-state index contributed by atoms with van der Waals surface area (Å²) in [5.74, 6) is -0.438. The summed E-state index contributed by atoms with van der Waals surface area (Å²) in [5, 5.41) is 5.43. The molecule has 0 aromatic heterocycles. The smallest absolute Gasteiger partial charge is 0.251 e. The van der Waals surface area contributed by atoms with Gasteiger partial charge in [-0.1, -0.05) is 48.0 Å². The van der Waals surface area contributed by atoms with Gasteiger partial charge in [-0.15, -0.1) is 0 Å². The van der Waals surface area contributed by atoms with Gasteiger partial charge in [0.25, 0.3) is 5.91 Å². The first-order chi connectivity index (χ1) is 10.6. The van der Waals surface area contributed by atoms with Crippen LogP contribution in [0.1, 0.15) is 27.0 Å². The maximum Gasteiger partial charge on any atom is 0.251 e. The Morgan fingerprint density at radius 3 is 2.45 bits per heavy atom. The van der Waals surface area contributed by atoms with E-state index in [1.54, 1.807) is 12.1 Å². The lowest BCUT2D eigenvalue weighted by Gasteiger charge is -2.09. The highest BCUT2D eigenvalue weighted by molar-refractivity contribution is 5.97. The molecule has 0 aliphatic rings. The SMILES string of the molecule is Cc1cccc(CNC(=O)CNC(=O)c2ccccc2C)c1. The van der Waals surface area contributed by atoms with Crippen molar-refractivity contribution in [3.05, 3.63) is 70.8 Å². The normalized spacial score (nSPS) is 10.1. The molecule has 0 aliphatic carbocycles. The second-order valence-corrected chi connectivity index (χ2v) is 5.26. The Bertz CT molecular complexity index is 680. The third kappa shape index (κ3) is 4.45. The van der Waals surface area contributed by atoms with Crippen LogP contribution in [0.2, 0.25) is 0 Å². The maximum absolute atomic E-state index is 12.0. The van der Waals surface area contributed by atoms with Crippen LogP contribution in [0, 0.1) is 13.8 Å². The zero-order valence-electron chi connectivity index (χ0n) is 12.8. The van der Waals surface area contributed by atoms with Crippen LogP contribution in [0.5, 0.6) is 0 Å². The number of benzene rings is 2. The molecule has 114 valence electrons. The highest BCUT2D eigenvalue weighted by Gasteiger charge is 2.09. The molecule has 0 aliphatic heterocycles. The summed E-state index contributed by atoms with van der Waals surface area (Å²) in [7, 11) is 0. The first-order valence-corrected chi connectivity index (χ1v) is 7.22. The van der Waals surface area contributed by atoms with Crippen molar-refractivity contribution in [1.29, 1.82) is 0 Å². The lowest BCUT2D eigenvalue weighted by Crippen LogP contribution is -2.36. The first kappa shape index (κ1) is 15.8. The molecule has 0 heterocycles. The van der Waals surface area contributed by atoms with Gasteiger partial charge in [0.15, 0.2) is 0 Å². The third-order valence-electron chi connectivity index (χ3n) is 3.37. The van der Waals surface area contributed by atoms with E-state index >= 15 is 0 Å².